The average Bonchev–Trinajstić information content (AvgIpc) is 2.53. The Morgan fingerprint density at radius 1 is 1.25 bits per heavy atom. The van der Waals surface area contributed by atoms with Crippen molar-refractivity contribution in [1.29, 1.82) is 0 Å². The molecule has 0 aliphatic carbocycles. The Morgan fingerprint density at radius 2 is 2.10 bits per heavy atom. The molecule has 0 radical (unpaired) electrons. The summed E-state index contributed by atoms with van der Waals surface area (Å²) in [5.41, 5.74) is 8.41. The minimum absolute atomic E-state index is 0.515. The lowest BCUT2D eigenvalue weighted by atomic mass is 9.91. The maximum atomic E-state index is 8.41. The van der Waals surface area contributed by atoms with Crippen molar-refractivity contribution in [2.75, 3.05) is 37.6 Å². The second kappa shape index (κ2) is 6.07. The summed E-state index contributed by atoms with van der Waals surface area (Å²) in [4.78, 5) is 16.3. The third kappa shape index (κ3) is 2.84. The quantitative estimate of drug-likeness (QED) is 0.477. The van der Waals surface area contributed by atoms with E-state index in [1.54, 1.807) is 12.4 Å². The zero-order valence-corrected chi connectivity index (χ0v) is 11.5. The molecule has 2 aliphatic heterocycles. The van der Waals surface area contributed by atoms with Crippen LogP contribution >= 0.6 is 0 Å². The zero-order valence-electron chi connectivity index (χ0n) is 11.5. The third-order valence-electron chi connectivity index (χ3n) is 4.24. The first-order valence-electron chi connectivity index (χ1n) is 7.13. The predicted octanol–water partition coefficient (Wildman–Crippen LogP) is 1.69. The molecule has 106 valence electrons. The SMILES string of the molecule is [N-]=[N+]=NC[C@@H]1CC[C@H]2CN(c3ncccn3)CCN2C1. The Bertz CT molecular complexity index is 485. The molecule has 0 aromatic carbocycles. The first-order valence-corrected chi connectivity index (χ1v) is 7.13. The maximum absolute atomic E-state index is 8.41. The summed E-state index contributed by atoms with van der Waals surface area (Å²) < 4.78 is 0. The van der Waals surface area contributed by atoms with E-state index in [9.17, 15) is 0 Å². The van der Waals surface area contributed by atoms with Crippen molar-refractivity contribution in [1.82, 2.24) is 14.9 Å². The number of piperidine rings is 1. The van der Waals surface area contributed by atoms with E-state index in [1.807, 2.05) is 6.07 Å². The second-order valence-corrected chi connectivity index (χ2v) is 5.50. The van der Waals surface area contributed by atoms with Gasteiger partial charge in [-0.3, -0.25) is 4.90 Å². The maximum Gasteiger partial charge on any atom is 0.225 e. The summed E-state index contributed by atoms with van der Waals surface area (Å²) in [6, 6.07) is 2.43. The van der Waals surface area contributed by atoms with Crippen LogP contribution in [0, 0.1) is 5.92 Å². The van der Waals surface area contributed by atoms with Crippen LogP contribution in [0.5, 0.6) is 0 Å². The molecule has 0 bridgehead atoms. The van der Waals surface area contributed by atoms with Crippen LogP contribution in [0.25, 0.3) is 10.4 Å². The van der Waals surface area contributed by atoms with Crippen LogP contribution in [0.1, 0.15) is 12.8 Å². The highest BCUT2D eigenvalue weighted by molar-refractivity contribution is 5.30. The molecule has 0 N–H and O–H groups in total. The fraction of sp³-hybridized carbons (Fsp3) is 0.692. The molecule has 3 heterocycles. The number of anilines is 1. The molecule has 1 aromatic rings. The molecule has 0 spiro atoms. The van der Waals surface area contributed by atoms with E-state index in [1.165, 1.54) is 0 Å². The van der Waals surface area contributed by atoms with E-state index in [2.05, 4.69) is 29.8 Å². The summed E-state index contributed by atoms with van der Waals surface area (Å²) in [5.74, 6) is 1.35. The van der Waals surface area contributed by atoms with Crippen LogP contribution in [-0.2, 0) is 0 Å². The van der Waals surface area contributed by atoms with E-state index in [0.29, 0.717) is 18.5 Å². The van der Waals surface area contributed by atoms with Crippen LogP contribution in [0.15, 0.2) is 23.6 Å². The van der Waals surface area contributed by atoms with Crippen LogP contribution in [0.4, 0.5) is 5.95 Å². The van der Waals surface area contributed by atoms with E-state index < -0.39 is 0 Å². The number of hydrogen-bond donors (Lipinski definition) is 0. The van der Waals surface area contributed by atoms with Gasteiger partial charge in [0.15, 0.2) is 0 Å². The van der Waals surface area contributed by atoms with Crippen molar-refractivity contribution in [3.63, 3.8) is 0 Å². The molecule has 2 aliphatic rings. The fourth-order valence-corrected chi connectivity index (χ4v) is 3.20. The first kappa shape index (κ1) is 13.1. The summed E-state index contributed by atoms with van der Waals surface area (Å²) in [5, 5.41) is 3.72. The summed E-state index contributed by atoms with van der Waals surface area (Å²) in [6.45, 7) is 4.68. The van der Waals surface area contributed by atoms with Gasteiger partial charge in [-0.25, -0.2) is 9.97 Å². The van der Waals surface area contributed by atoms with Crippen molar-refractivity contribution in [3.8, 4) is 0 Å². The van der Waals surface area contributed by atoms with Gasteiger partial charge in [-0.1, -0.05) is 5.11 Å². The van der Waals surface area contributed by atoms with Gasteiger partial charge in [0.25, 0.3) is 0 Å². The number of piperazine rings is 1. The largest absolute Gasteiger partial charge is 0.338 e. The molecule has 2 atom stereocenters. The van der Waals surface area contributed by atoms with Crippen molar-refractivity contribution >= 4 is 5.95 Å². The molecule has 0 saturated carbocycles. The fourth-order valence-electron chi connectivity index (χ4n) is 3.20. The van der Waals surface area contributed by atoms with Crippen LogP contribution in [0.3, 0.4) is 0 Å². The number of nitrogens with zero attached hydrogens (tertiary/aromatic N) is 7. The summed E-state index contributed by atoms with van der Waals surface area (Å²) in [6.07, 6.45) is 5.90. The second-order valence-electron chi connectivity index (χ2n) is 5.50. The molecular formula is C13H19N7. The number of rotatable bonds is 3. The lowest BCUT2D eigenvalue weighted by Crippen LogP contribution is -2.57. The van der Waals surface area contributed by atoms with Crippen LogP contribution < -0.4 is 4.90 Å². The van der Waals surface area contributed by atoms with Gasteiger partial charge in [0.05, 0.1) is 0 Å². The number of azide groups is 1. The van der Waals surface area contributed by atoms with Crippen LogP contribution in [-0.4, -0.2) is 53.6 Å². The molecule has 0 amide bonds. The van der Waals surface area contributed by atoms with Crippen molar-refractivity contribution in [2.24, 2.45) is 11.0 Å². The lowest BCUT2D eigenvalue weighted by molar-refractivity contribution is 0.0979. The first-order chi connectivity index (χ1) is 9.86. The average molecular weight is 273 g/mol. The smallest absolute Gasteiger partial charge is 0.225 e. The number of aromatic nitrogens is 2. The van der Waals surface area contributed by atoms with Gasteiger partial charge in [0.1, 0.15) is 0 Å². The van der Waals surface area contributed by atoms with Gasteiger partial charge < -0.3 is 4.90 Å². The third-order valence-corrected chi connectivity index (χ3v) is 4.24. The predicted molar refractivity (Wildman–Crippen MR) is 76.3 cm³/mol. The molecule has 2 saturated heterocycles. The Hall–Kier alpha value is -1.85. The van der Waals surface area contributed by atoms with Gasteiger partial charge in [-0.15, -0.1) is 0 Å². The van der Waals surface area contributed by atoms with E-state index in [0.717, 1.165) is 45.0 Å². The Labute approximate surface area is 118 Å². The van der Waals surface area contributed by atoms with E-state index in [4.69, 9.17) is 5.53 Å². The minimum Gasteiger partial charge on any atom is -0.338 e. The minimum atomic E-state index is 0.515. The standard InChI is InChI=1S/C13H19N7/c14-18-17-8-11-2-3-12-10-20(7-6-19(12)9-11)13-15-4-1-5-16-13/h1,4-5,11-12H,2-3,6-10H2/t11-,12-/m0/s1. The highest BCUT2D eigenvalue weighted by Crippen LogP contribution is 2.26. The topological polar surface area (TPSA) is 81.0 Å². The van der Waals surface area contributed by atoms with Crippen molar-refractivity contribution in [3.05, 3.63) is 28.9 Å². The van der Waals surface area contributed by atoms with Crippen LogP contribution in [0.2, 0.25) is 0 Å². The van der Waals surface area contributed by atoms with E-state index >= 15 is 0 Å². The lowest BCUT2D eigenvalue weighted by Gasteiger charge is -2.46. The van der Waals surface area contributed by atoms with E-state index in [-0.39, 0.29) is 0 Å². The highest BCUT2D eigenvalue weighted by atomic mass is 15.3. The Balaban J connectivity index is 1.59. The van der Waals surface area contributed by atoms with Gasteiger partial charge in [0.2, 0.25) is 5.95 Å². The summed E-state index contributed by atoms with van der Waals surface area (Å²) >= 11 is 0. The van der Waals surface area contributed by atoms with Gasteiger partial charge >= 0.3 is 0 Å². The number of fused-ring (bicyclic) bond motifs is 1. The molecule has 20 heavy (non-hydrogen) atoms. The summed E-state index contributed by atoms with van der Waals surface area (Å²) in [7, 11) is 0. The molecule has 0 unspecified atom stereocenters. The molecule has 3 rings (SSSR count). The van der Waals surface area contributed by atoms with Crippen molar-refractivity contribution in [2.45, 2.75) is 18.9 Å². The molecule has 2 fully saturated rings. The van der Waals surface area contributed by atoms with Crippen molar-refractivity contribution < 1.29 is 0 Å². The van der Waals surface area contributed by atoms with Gasteiger partial charge in [-0.05, 0) is 30.4 Å². The molecular weight excluding hydrogens is 254 g/mol. The Kier molecular flexibility index (Phi) is 3.99. The molecule has 7 nitrogen and oxygen atoms in total. The normalized spacial score (nSPS) is 26.7. The molecule has 1 aromatic heterocycles. The molecule has 7 heteroatoms. The highest BCUT2D eigenvalue weighted by Gasteiger charge is 2.33. The van der Waals surface area contributed by atoms with Gasteiger partial charge in [-0.2, -0.15) is 0 Å². The number of hydrogen-bond acceptors (Lipinski definition) is 5. The Morgan fingerprint density at radius 3 is 2.90 bits per heavy atom. The monoisotopic (exact) mass is 273 g/mol. The zero-order chi connectivity index (χ0) is 13.8. The van der Waals surface area contributed by atoms with Gasteiger partial charge in [0, 0.05) is 56.1 Å².